The molecule has 1 saturated carbocycles. The van der Waals surface area contributed by atoms with Crippen LogP contribution in [0.1, 0.15) is 66.0 Å². The van der Waals surface area contributed by atoms with E-state index in [1.54, 1.807) is 0 Å². The molecule has 4 aromatic rings. The summed E-state index contributed by atoms with van der Waals surface area (Å²) < 4.78 is 8.53. The van der Waals surface area contributed by atoms with Crippen LogP contribution >= 0.6 is 23.8 Å². The number of pyridine rings is 1. The lowest BCUT2D eigenvalue weighted by atomic mass is 9.96. The standard InChI is InChI=1S/C32H33ClN4OS/c1-20-11-12-23(33)19-29(20)36-21(2)18-27(22(36)3)31-30(28-10-6-7-17-34-28)35-32(39)37(31)24-13-15-26(16-14-24)38-25-8-4-5-9-25/h6-7,10-19,25,30-31H,4-5,8-9H2,1-3H3,(H,35,39). The first kappa shape index (κ1) is 25.9. The zero-order valence-corrected chi connectivity index (χ0v) is 24.1. The van der Waals surface area contributed by atoms with E-state index >= 15 is 0 Å². The van der Waals surface area contributed by atoms with Gasteiger partial charge in [0.1, 0.15) is 5.75 Å². The van der Waals surface area contributed by atoms with Crippen molar-refractivity contribution in [3.05, 3.63) is 106 Å². The third-order valence-electron chi connectivity index (χ3n) is 8.02. The average molecular weight is 557 g/mol. The maximum atomic E-state index is 6.43. The summed E-state index contributed by atoms with van der Waals surface area (Å²) in [5.41, 5.74) is 7.74. The van der Waals surface area contributed by atoms with Crippen LogP contribution in [0.15, 0.2) is 72.9 Å². The second kappa shape index (κ2) is 10.7. The van der Waals surface area contributed by atoms with Crippen molar-refractivity contribution < 1.29 is 4.74 Å². The average Bonchev–Trinajstić information content (AvgIpc) is 3.64. The number of anilines is 1. The number of hydrogen-bond donors (Lipinski definition) is 1. The molecule has 1 aliphatic heterocycles. The van der Waals surface area contributed by atoms with Gasteiger partial charge in [0, 0.05) is 34.0 Å². The van der Waals surface area contributed by atoms with E-state index in [2.05, 4.69) is 78.0 Å². The van der Waals surface area contributed by atoms with E-state index in [1.165, 1.54) is 24.0 Å². The van der Waals surface area contributed by atoms with Crippen molar-refractivity contribution in [3.63, 3.8) is 0 Å². The van der Waals surface area contributed by atoms with Crippen LogP contribution in [0.25, 0.3) is 5.69 Å². The SMILES string of the molecule is Cc1ccc(Cl)cc1-n1c(C)cc(C2C(c3ccccn3)NC(=S)N2c2ccc(OC3CCCC3)cc2)c1C. The highest BCUT2D eigenvalue weighted by Crippen LogP contribution is 2.44. The monoisotopic (exact) mass is 556 g/mol. The molecule has 1 saturated heterocycles. The quantitative estimate of drug-likeness (QED) is 0.244. The molecule has 3 heterocycles. The van der Waals surface area contributed by atoms with E-state index in [0.717, 1.165) is 52.1 Å². The predicted molar refractivity (Wildman–Crippen MR) is 162 cm³/mol. The third kappa shape index (κ3) is 4.92. The Kier molecular flexibility index (Phi) is 7.08. The molecule has 2 fully saturated rings. The topological polar surface area (TPSA) is 42.3 Å². The minimum Gasteiger partial charge on any atom is -0.490 e. The van der Waals surface area contributed by atoms with Gasteiger partial charge in [-0.15, -0.1) is 0 Å². The van der Waals surface area contributed by atoms with Gasteiger partial charge in [-0.05, 0) is 124 Å². The number of aromatic nitrogens is 2. The molecular formula is C32H33ClN4OS. The molecule has 0 spiro atoms. The highest BCUT2D eigenvalue weighted by atomic mass is 35.5. The van der Waals surface area contributed by atoms with Crippen LogP contribution < -0.4 is 15.0 Å². The van der Waals surface area contributed by atoms with Crippen molar-refractivity contribution >= 4 is 34.6 Å². The predicted octanol–water partition coefficient (Wildman–Crippen LogP) is 7.95. The van der Waals surface area contributed by atoms with E-state index in [9.17, 15) is 0 Å². The maximum absolute atomic E-state index is 6.43. The Balaban J connectivity index is 1.43. The van der Waals surface area contributed by atoms with Gasteiger partial charge in [0.2, 0.25) is 0 Å². The zero-order chi connectivity index (χ0) is 27.1. The summed E-state index contributed by atoms with van der Waals surface area (Å²) in [5.74, 6) is 0.913. The highest BCUT2D eigenvalue weighted by molar-refractivity contribution is 7.80. The summed E-state index contributed by atoms with van der Waals surface area (Å²) in [6.07, 6.45) is 6.94. The maximum Gasteiger partial charge on any atom is 0.174 e. The summed E-state index contributed by atoms with van der Waals surface area (Å²) in [6, 6.07) is 22.5. The number of rotatable bonds is 6. The molecule has 1 N–H and O–H groups in total. The molecule has 0 bridgehead atoms. The summed E-state index contributed by atoms with van der Waals surface area (Å²) in [4.78, 5) is 6.95. The fourth-order valence-corrected chi connectivity index (χ4v) is 6.63. The van der Waals surface area contributed by atoms with Crippen LogP contribution in [-0.2, 0) is 0 Å². The normalized spacial score (nSPS) is 19.5. The molecule has 6 rings (SSSR count). The molecule has 1 aliphatic carbocycles. The number of benzene rings is 2. The largest absolute Gasteiger partial charge is 0.490 e. The van der Waals surface area contributed by atoms with Crippen molar-refractivity contribution in [2.24, 2.45) is 0 Å². The molecule has 0 amide bonds. The molecular weight excluding hydrogens is 524 g/mol. The lowest BCUT2D eigenvalue weighted by Crippen LogP contribution is -2.29. The highest BCUT2D eigenvalue weighted by Gasteiger charge is 2.42. The van der Waals surface area contributed by atoms with E-state index < -0.39 is 0 Å². The minimum atomic E-state index is -0.109. The molecule has 39 heavy (non-hydrogen) atoms. The van der Waals surface area contributed by atoms with Crippen LogP contribution in [0.2, 0.25) is 5.02 Å². The Morgan fingerprint density at radius 1 is 0.974 bits per heavy atom. The Morgan fingerprint density at radius 2 is 1.74 bits per heavy atom. The third-order valence-corrected chi connectivity index (χ3v) is 8.57. The van der Waals surface area contributed by atoms with Gasteiger partial charge in [-0.1, -0.05) is 23.7 Å². The lowest BCUT2D eigenvalue weighted by Gasteiger charge is -2.28. The fourth-order valence-electron chi connectivity index (χ4n) is 6.11. The number of nitrogens with zero attached hydrogens (tertiary/aromatic N) is 3. The Morgan fingerprint density at radius 3 is 2.46 bits per heavy atom. The van der Waals surface area contributed by atoms with Gasteiger partial charge in [0.15, 0.2) is 5.11 Å². The number of ether oxygens (including phenoxy) is 1. The molecule has 0 radical (unpaired) electrons. The second-order valence-corrected chi connectivity index (χ2v) is 11.4. The smallest absolute Gasteiger partial charge is 0.174 e. The van der Waals surface area contributed by atoms with E-state index in [4.69, 9.17) is 33.5 Å². The van der Waals surface area contributed by atoms with E-state index in [0.29, 0.717) is 11.2 Å². The number of hydrogen-bond acceptors (Lipinski definition) is 3. The summed E-state index contributed by atoms with van der Waals surface area (Å²) >= 11 is 12.4. The number of thiocarbonyl (C=S) groups is 1. The van der Waals surface area contributed by atoms with E-state index in [1.807, 2.05) is 30.5 Å². The Hall–Kier alpha value is -3.35. The fraction of sp³-hybridized carbons (Fsp3) is 0.312. The first-order valence-electron chi connectivity index (χ1n) is 13.6. The molecule has 5 nitrogen and oxygen atoms in total. The molecule has 7 heteroatoms. The first-order valence-corrected chi connectivity index (χ1v) is 14.4. The zero-order valence-electron chi connectivity index (χ0n) is 22.5. The molecule has 2 aromatic heterocycles. The van der Waals surface area contributed by atoms with Gasteiger partial charge in [-0.25, -0.2) is 0 Å². The Labute approximate surface area is 240 Å². The number of halogens is 1. The van der Waals surface area contributed by atoms with Crippen molar-refractivity contribution in [3.8, 4) is 11.4 Å². The molecule has 2 aromatic carbocycles. The van der Waals surface area contributed by atoms with Gasteiger partial charge >= 0.3 is 0 Å². The lowest BCUT2D eigenvalue weighted by molar-refractivity contribution is 0.210. The Bertz CT molecular complexity index is 1490. The molecule has 2 atom stereocenters. The van der Waals surface area contributed by atoms with Crippen LogP contribution in [0.4, 0.5) is 5.69 Å². The van der Waals surface area contributed by atoms with Crippen molar-refractivity contribution in [1.82, 2.24) is 14.9 Å². The second-order valence-electron chi connectivity index (χ2n) is 10.6. The van der Waals surface area contributed by atoms with Gasteiger partial charge < -0.3 is 19.5 Å². The first-order chi connectivity index (χ1) is 18.9. The molecule has 200 valence electrons. The number of aryl methyl sites for hydroxylation is 2. The number of nitrogens with one attached hydrogen (secondary N) is 1. The van der Waals surface area contributed by atoms with E-state index in [-0.39, 0.29) is 12.1 Å². The van der Waals surface area contributed by atoms with Gasteiger partial charge in [-0.3, -0.25) is 4.98 Å². The van der Waals surface area contributed by atoms with Gasteiger partial charge in [0.05, 0.1) is 23.9 Å². The molecule has 2 aliphatic rings. The van der Waals surface area contributed by atoms with Crippen molar-refractivity contribution in [1.29, 1.82) is 0 Å². The van der Waals surface area contributed by atoms with Crippen LogP contribution in [0.5, 0.6) is 5.75 Å². The molecule has 2 unspecified atom stereocenters. The minimum absolute atomic E-state index is 0.0894. The van der Waals surface area contributed by atoms with Gasteiger partial charge in [0.25, 0.3) is 0 Å². The van der Waals surface area contributed by atoms with Crippen molar-refractivity contribution in [2.45, 2.75) is 64.6 Å². The van der Waals surface area contributed by atoms with Gasteiger partial charge in [-0.2, -0.15) is 0 Å². The van der Waals surface area contributed by atoms with Crippen LogP contribution in [-0.4, -0.2) is 20.8 Å². The van der Waals surface area contributed by atoms with Crippen LogP contribution in [0.3, 0.4) is 0 Å². The summed E-state index contributed by atoms with van der Waals surface area (Å²) in [6.45, 7) is 6.44. The summed E-state index contributed by atoms with van der Waals surface area (Å²) in [7, 11) is 0. The summed E-state index contributed by atoms with van der Waals surface area (Å²) in [5, 5.41) is 5.00. The van der Waals surface area contributed by atoms with Crippen molar-refractivity contribution in [2.75, 3.05) is 4.90 Å². The van der Waals surface area contributed by atoms with Crippen LogP contribution in [0, 0.1) is 20.8 Å².